The van der Waals surface area contributed by atoms with Crippen LogP contribution in [0.4, 0.5) is 0 Å². The number of carbonyl (C=O) groups excluding carboxylic acids is 1. The zero-order valence-electron chi connectivity index (χ0n) is 8.06. The Bertz CT molecular complexity index is 267. The number of aldehydes is 1. The Morgan fingerprint density at radius 1 is 1.40 bits per heavy atom. The molecular weight excluding hydrogens is 344 g/mol. The van der Waals surface area contributed by atoms with Crippen LogP contribution < -0.4 is 0 Å². The van der Waals surface area contributed by atoms with Gasteiger partial charge in [0, 0.05) is 0 Å². The summed E-state index contributed by atoms with van der Waals surface area (Å²) in [6.45, 7) is 0. The Morgan fingerprint density at radius 3 is 2.27 bits per heavy atom. The first kappa shape index (κ1) is 17.4. The van der Waals surface area contributed by atoms with Gasteiger partial charge in [-0.25, -0.2) is 0 Å². The molecule has 0 fully saturated rings. The number of nitrogens with one attached hydrogen (secondary N) is 1. The summed E-state index contributed by atoms with van der Waals surface area (Å²) >= 11 is 1.90. The van der Waals surface area contributed by atoms with E-state index in [0.29, 0.717) is 12.7 Å². The summed E-state index contributed by atoms with van der Waals surface area (Å²) in [5, 5.41) is 8.93. The molecule has 1 radical (unpaired) electrons. The number of phenolic OH excluding ortho intramolecular Hbond substituents is 1. The van der Waals surface area contributed by atoms with Gasteiger partial charge in [0.05, 0.1) is 0 Å². The summed E-state index contributed by atoms with van der Waals surface area (Å²) < 4.78 is 0. The smallest absolute Gasteiger partial charge is 0.668 e. The first-order valence-electron chi connectivity index (χ1n) is 3.93. The quantitative estimate of drug-likeness (QED) is 0.514. The molecule has 1 atom stereocenters. The predicted octanol–water partition coefficient (Wildman–Crippen LogP) is 2.76. The maximum Gasteiger partial charge on any atom is 2.00 e. The van der Waals surface area contributed by atoms with E-state index in [0.717, 1.165) is 5.56 Å². The molecule has 1 rings (SSSR count). The van der Waals surface area contributed by atoms with E-state index < -0.39 is 6.04 Å². The van der Waals surface area contributed by atoms with E-state index in [4.69, 9.17) is 10.8 Å². The van der Waals surface area contributed by atoms with Crippen molar-refractivity contribution in [1.29, 1.82) is 0 Å². The zero-order chi connectivity index (χ0) is 11.0. The van der Waals surface area contributed by atoms with E-state index in [1.165, 1.54) is 0 Å². The Morgan fingerprint density at radius 2 is 1.87 bits per heavy atom. The summed E-state index contributed by atoms with van der Waals surface area (Å²) in [5.41, 5.74) is 8.07. The molecule has 0 aromatic heterocycles. The van der Waals surface area contributed by atoms with E-state index >= 15 is 0 Å². The van der Waals surface area contributed by atoms with Crippen LogP contribution in [0.25, 0.3) is 5.73 Å². The van der Waals surface area contributed by atoms with Gasteiger partial charge < -0.3 is 38.2 Å². The maximum absolute atomic E-state index is 10.1. The van der Waals surface area contributed by atoms with Crippen molar-refractivity contribution in [2.45, 2.75) is 12.5 Å². The van der Waals surface area contributed by atoms with Gasteiger partial charge in [-0.2, -0.15) is 0 Å². The number of hydrogen-bond acceptors (Lipinski definition) is 2. The minimum Gasteiger partial charge on any atom is -0.668 e. The van der Waals surface area contributed by atoms with Gasteiger partial charge in [-0.15, -0.1) is 0 Å². The third-order valence-corrected chi connectivity index (χ3v) is 1.56. The van der Waals surface area contributed by atoms with Gasteiger partial charge in [0.1, 0.15) is 12.0 Å². The largest absolute Gasteiger partial charge is 2.00 e. The number of hydrogen-bond donors (Lipinski definition) is 1. The summed E-state index contributed by atoms with van der Waals surface area (Å²) in [6.07, 6.45) is 1.01. The molecule has 0 heterocycles. The summed E-state index contributed by atoms with van der Waals surface area (Å²) in [5.74, 6) is 0.200. The number of halogens is 1. The van der Waals surface area contributed by atoms with E-state index in [1.54, 1.807) is 24.3 Å². The molecule has 2 N–H and O–H groups in total. The Kier molecular flexibility index (Phi) is 12.1. The minimum atomic E-state index is -0.699. The van der Waals surface area contributed by atoms with Crippen LogP contribution in [-0.4, -0.2) is 17.4 Å². The second kappa shape index (κ2) is 10.5. The third-order valence-electron chi connectivity index (χ3n) is 1.56. The van der Waals surface area contributed by atoms with Crippen molar-refractivity contribution in [3.8, 4) is 5.75 Å². The molecule has 81 valence electrons. The molecule has 1 aromatic carbocycles. The van der Waals surface area contributed by atoms with Gasteiger partial charge in [-0.1, -0.05) is 18.2 Å². The molecule has 0 aliphatic heterocycles. The van der Waals surface area contributed by atoms with Gasteiger partial charge in [0.2, 0.25) is 0 Å². The molecule has 5 heteroatoms. The number of benzene rings is 1. The average Bonchev–Trinajstić information content (AvgIpc) is 2.24. The minimum absolute atomic E-state index is 0. The number of carbonyl (C=O) groups is 1. The SMILES string of the molecule is [CH2-]I.[NH-]C(C=O)Cc1ccc(O)cc1.[V+2]. The number of rotatable bonds is 3. The molecular formula is C10H12INO2V. The number of aromatic hydroxyl groups is 1. The van der Waals surface area contributed by atoms with Crippen molar-refractivity contribution < 1.29 is 28.5 Å². The summed E-state index contributed by atoms with van der Waals surface area (Å²) in [4.78, 5) is 13.4. The van der Waals surface area contributed by atoms with Gasteiger partial charge in [-0.3, -0.25) is 4.93 Å². The van der Waals surface area contributed by atoms with Crippen LogP contribution in [0, 0.1) is 4.93 Å². The molecule has 0 spiro atoms. The molecule has 0 aliphatic rings. The van der Waals surface area contributed by atoms with Crippen LogP contribution in [-0.2, 0) is 29.8 Å². The van der Waals surface area contributed by atoms with Crippen LogP contribution in [0.2, 0.25) is 0 Å². The van der Waals surface area contributed by atoms with Crippen LogP contribution >= 0.6 is 22.6 Å². The topological polar surface area (TPSA) is 61.1 Å². The Labute approximate surface area is 115 Å². The normalized spacial score (nSPS) is 10.3. The first-order valence-corrected chi connectivity index (χ1v) is 5.46. The fourth-order valence-electron chi connectivity index (χ4n) is 0.934. The van der Waals surface area contributed by atoms with Gasteiger partial charge in [0.25, 0.3) is 0 Å². The standard InChI is InChI=1S/C9H10NO2.CH2I.V/c10-8(6-11)5-7-1-3-9(12)4-2-7;1-2;/h1-4,6,8,10,12H,5H2;1H2;/q2*-1;+2. The number of phenols is 1. The van der Waals surface area contributed by atoms with Gasteiger partial charge >= 0.3 is 18.6 Å². The van der Waals surface area contributed by atoms with Crippen molar-refractivity contribution in [1.82, 2.24) is 0 Å². The van der Waals surface area contributed by atoms with Crippen molar-refractivity contribution in [2.24, 2.45) is 0 Å². The second-order valence-corrected chi connectivity index (χ2v) is 2.61. The predicted molar refractivity (Wildman–Crippen MR) is 65.4 cm³/mol. The van der Waals surface area contributed by atoms with Crippen LogP contribution in [0.5, 0.6) is 5.75 Å². The average molecular weight is 356 g/mol. The van der Waals surface area contributed by atoms with Crippen molar-refractivity contribution >= 4 is 28.9 Å². The van der Waals surface area contributed by atoms with E-state index in [-0.39, 0.29) is 24.3 Å². The van der Waals surface area contributed by atoms with Gasteiger partial charge in [-0.05, 0) is 24.1 Å². The third kappa shape index (κ3) is 7.84. The van der Waals surface area contributed by atoms with Gasteiger partial charge in [0.15, 0.2) is 0 Å². The Hall–Kier alpha value is -0.0356. The van der Waals surface area contributed by atoms with E-state index in [1.807, 2.05) is 22.6 Å². The molecule has 3 nitrogen and oxygen atoms in total. The molecule has 0 aliphatic carbocycles. The Balaban J connectivity index is 0. The van der Waals surface area contributed by atoms with Crippen molar-refractivity contribution in [2.75, 3.05) is 0 Å². The summed E-state index contributed by atoms with van der Waals surface area (Å²) in [6, 6.07) is 5.81. The van der Waals surface area contributed by atoms with Crippen LogP contribution in [0.15, 0.2) is 24.3 Å². The molecule has 0 saturated carbocycles. The molecule has 0 amide bonds. The molecule has 0 bridgehead atoms. The van der Waals surface area contributed by atoms with Crippen LogP contribution in [0.1, 0.15) is 5.56 Å². The van der Waals surface area contributed by atoms with Crippen molar-refractivity contribution in [3.05, 3.63) is 40.5 Å². The molecule has 15 heavy (non-hydrogen) atoms. The molecule has 0 saturated heterocycles. The monoisotopic (exact) mass is 356 g/mol. The zero-order valence-corrected chi connectivity index (χ0v) is 11.6. The summed E-state index contributed by atoms with van der Waals surface area (Å²) in [7, 11) is 0. The fraction of sp³-hybridized carbons (Fsp3) is 0.200. The van der Waals surface area contributed by atoms with E-state index in [2.05, 4.69) is 4.93 Å². The fourth-order valence-corrected chi connectivity index (χ4v) is 0.934. The first-order chi connectivity index (χ1) is 6.72. The second-order valence-electron chi connectivity index (χ2n) is 2.61. The maximum atomic E-state index is 10.1. The van der Waals surface area contributed by atoms with Crippen LogP contribution in [0.3, 0.4) is 0 Å². The van der Waals surface area contributed by atoms with Crippen molar-refractivity contribution in [3.63, 3.8) is 0 Å². The van der Waals surface area contributed by atoms with E-state index in [9.17, 15) is 4.79 Å². The molecule has 1 unspecified atom stereocenters. The molecule has 1 aromatic rings.